The Morgan fingerprint density at radius 3 is 2.74 bits per heavy atom. The maximum absolute atomic E-state index is 14.4. The van der Waals surface area contributed by atoms with Gasteiger partial charge >= 0.3 is 5.97 Å². The van der Waals surface area contributed by atoms with E-state index in [4.69, 9.17) is 9.47 Å². The quantitative estimate of drug-likeness (QED) is 0.457. The minimum absolute atomic E-state index is 0.113. The van der Waals surface area contributed by atoms with E-state index in [-0.39, 0.29) is 38.2 Å². The van der Waals surface area contributed by atoms with Crippen LogP contribution in [0.2, 0.25) is 0 Å². The van der Waals surface area contributed by atoms with Gasteiger partial charge in [0.15, 0.2) is 0 Å². The number of carbonyl (C=O) groups excluding carboxylic acids is 3. The maximum Gasteiger partial charge on any atom is 0.313 e. The normalized spacial score (nSPS) is 33.4. The second-order valence-electron chi connectivity index (χ2n) is 10.5. The molecule has 1 spiro atoms. The van der Waals surface area contributed by atoms with Crippen molar-refractivity contribution in [3.8, 4) is 0 Å². The standard InChI is InChI=1S/C27H31N5O6/c1-3-17(15-33)32-22-24(35)30(16-31-19-10-5-4-9-18(19)28-29-31)13-8-12-27(22)20(23(32)34)21-25(36)37-14-7-6-11-26(21,2)38-27/h4-6,8-12,17,20-22,33H,3,7,13-16H2,1-2H3/t17-,20-,21+,22?,26-,27-/m0/s1. The zero-order valence-electron chi connectivity index (χ0n) is 21.4. The molecule has 0 bridgehead atoms. The number of hydrogen-bond acceptors (Lipinski definition) is 8. The number of nitrogens with zero attached hydrogens (tertiary/aromatic N) is 5. The highest BCUT2D eigenvalue weighted by atomic mass is 16.6. The van der Waals surface area contributed by atoms with Crippen LogP contribution in [-0.4, -0.2) is 90.7 Å². The highest BCUT2D eigenvalue weighted by Gasteiger charge is 2.75. The Labute approximate surface area is 219 Å². The van der Waals surface area contributed by atoms with Gasteiger partial charge in [0.2, 0.25) is 5.91 Å². The minimum Gasteiger partial charge on any atom is -0.465 e. The molecule has 0 radical (unpaired) electrons. The second kappa shape index (κ2) is 9.02. The van der Waals surface area contributed by atoms with E-state index < -0.39 is 41.1 Å². The van der Waals surface area contributed by atoms with Crippen LogP contribution in [0.1, 0.15) is 26.7 Å². The van der Waals surface area contributed by atoms with Crippen LogP contribution in [-0.2, 0) is 30.5 Å². The van der Waals surface area contributed by atoms with Gasteiger partial charge in [-0.05, 0) is 31.9 Å². The number of hydrogen-bond donors (Lipinski definition) is 1. The van der Waals surface area contributed by atoms with Crippen molar-refractivity contribution in [3.05, 3.63) is 48.6 Å². The van der Waals surface area contributed by atoms with Gasteiger partial charge in [0.05, 0.1) is 36.3 Å². The van der Waals surface area contributed by atoms with Gasteiger partial charge in [0.1, 0.15) is 29.7 Å². The molecule has 4 aliphatic heterocycles. The van der Waals surface area contributed by atoms with Crippen LogP contribution in [0.3, 0.4) is 0 Å². The van der Waals surface area contributed by atoms with Gasteiger partial charge in [-0.1, -0.05) is 48.6 Å². The summed E-state index contributed by atoms with van der Waals surface area (Å²) in [4.78, 5) is 44.9. The fourth-order valence-corrected chi connectivity index (χ4v) is 6.59. The van der Waals surface area contributed by atoms with Crippen molar-refractivity contribution in [2.24, 2.45) is 11.8 Å². The molecule has 1 N–H and O–H groups in total. The molecule has 2 fully saturated rings. The Kier molecular flexibility index (Phi) is 5.88. The number of ether oxygens (including phenoxy) is 2. The summed E-state index contributed by atoms with van der Waals surface area (Å²) < 4.78 is 13.9. The SMILES string of the molecule is CC[C@@H](CO)N1C(=O)[C@@H]2[C@@H]3C(=O)OCCC=C[C@]3(C)O[C@@]23C=CCN(Cn2nnc4ccccc42)C(=O)C13. The topological polar surface area (TPSA) is 127 Å². The molecule has 6 atom stereocenters. The smallest absolute Gasteiger partial charge is 0.313 e. The van der Waals surface area contributed by atoms with E-state index in [0.29, 0.717) is 18.4 Å². The van der Waals surface area contributed by atoms with E-state index in [9.17, 15) is 19.5 Å². The third-order valence-corrected chi connectivity index (χ3v) is 8.34. The predicted octanol–water partition coefficient (Wildman–Crippen LogP) is 1.03. The average molecular weight is 522 g/mol. The van der Waals surface area contributed by atoms with Crippen molar-refractivity contribution in [2.75, 3.05) is 19.8 Å². The van der Waals surface area contributed by atoms with E-state index in [1.165, 1.54) is 4.90 Å². The molecule has 1 unspecified atom stereocenters. The van der Waals surface area contributed by atoms with Crippen LogP contribution in [0.5, 0.6) is 0 Å². The number of aromatic nitrogens is 3. The third kappa shape index (κ3) is 3.45. The molecule has 0 saturated carbocycles. The largest absolute Gasteiger partial charge is 0.465 e. The number of para-hydroxylation sites is 1. The number of rotatable bonds is 5. The summed E-state index contributed by atoms with van der Waals surface area (Å²) in [6, 6.07) is 5.79. The van der Waals surface area contributed by atoms with E-state index in [1.54, 1.807) is 22.6 Å². The molecule has 0 aliphatic carbocycles. The summed E-state index contributed by atoms with van der Waals surface area (Å²) in [5.74, 6) is -3.14. The first-order chi connectivity index (χ1) is 18.3. The van der Waals surface area contributed by atoms with Gasteiger partial charge in [0.25, 0.3) is 5.91 Å². The van der Waals surface area contributed by atoms with Gasteiger partial charge in [-0.3, -0.25) is 14.4 Å². The number of cyclic esters (lactones) is 1. The summed E-state index contributed by atoms with van der Waals surface area (Å²) in [5, 5.41) is 18.6. The first-order valence-electron chi connectivity index (χ1n) is 13.1. The molecular formula is C27H31N5O6. The molecule has 1 aromatic carbocycles. The van der Waals surface area contributed by atoms with Crippen molar-refractivity contribution in [3.63, 3.8) is 0 Å². The zero-order chi connectivity index (χ0) is 26.7. The molecular weight excluding hydrogens is 490 g/mol. The summed E-state index contributed by atoms with van der Waals surface area (Å²) in [6.07, 6.45) is 8.28. The third-order valence-electron chi connectivity index (χ3n) is 8.34. The molecule has 5 heterocycles. The fourth-order valence-electron chi connectivity index (χ4n) is 6.59. The molecule has 6 rings (SSSR count). The summed E-state index contributed by atoms with van der Waals surface area (Å²) in [5.41, 5.74) is -1.05. The van der Waals surface area contributed by atoms with Gasteiger partial charge in [-0.15, -0.1) is 5.10 Å². The lowest BCUT2D eigenvalue weighted by Crippen LogP contribution is -2.58. The highest BCUT2D eigenvalue weighted by molar-refractivity contribution is 5.99. The molecule has 1 aromatic heterocycles. The monoisotopic (exact) mass is 521 g/mol. The number of aliphatic hydroxyl groups excluding tert-OH is 1. The first-order valence-corrected chi connectivity index (χ1v) is 13.1. The molecule has 200 valence electrons. The summed E-state index contributed by atoms with van der Waals surface area (Å²) in [6.45, 7) is 3.88. The summed E-state index contributed by atoms with van der Waals surface area (Å²) in [7, 11) is 0. The summed E-state index contributed by atoms with van der Waals surface area (Å²) >= 11 is 0. The van der Waals surface area contributed by atoms with Crippen LogP contribution in [0, 0.1) is 11.8 Å². The van der Waals surface area contributed by atoms with E-state index in [0.717, 1.165) is 5.52 Å². The number of fused-ring (bicyclic) bond motifs is 3. The Morgan fingerprint density at radius 1 is 1.13 bits per heavy atom. The molecule has 2 aromatic rings. The van der Waals surface area contributed by atoms with Crippen molar-refractivity contribution < 1.29 is 29.0 Å². The van der Waals surface area contributed by atoms with Gasteiger partial charge in [-0.25, -0.2) is 4.68 Å². The first kappa shape index (κ1) is 24.7. The van der Waals surface area contributed by atoms with Crippen molar-refractivity contribution >= 4 is 28.8 Å². The highest BCUT2D eigenvalue weighted by Crippen LogP contribution is 2.57. The van der Waals surface area contributed by atoms with Crippen LogP contribution in [0.4, 0.5) is 0 Å². The molecule has 4 aliphatic rings. The molecule has 2 saturated heterocycles. The fraction of sp³-hybridized carbons (Fsp3) is 0.519. The molecule has 38 heavy (non-hydrogen) atoms. The maximum atomic E-state index is 14.4. The zero-order valence-corrected chi connectivity index (χ0v) is 21.4. The number of esters is 1. The predicted molar refractivity (Wildman–Crippen MR) is 134 cm³/mol. The Balaban J connectivity index is 1.45. The van der Waals surface area contributed by atoms with Crippen LogP contribution in [0.25, 0.3) is 11.0 Å². The Morgan fingerprint density at radius 2 is 1.95 bits per heavy atom. The molecule has 11 heteroatoms. The lowest BCUT2D eigenvalue weighted by atomic mass is 9.74. The van der Waals surface area contributed by atoms with Crippen LogP contribution in [0.15, 0.2) is 48.6 Å². The number of likely N-dealkylation sites (tertiary alicyclic amines) is 1. The van der Waals surface area contributed by atoms with E-state index in [2.05, 4.69) is 10.3 Å². The van der Waals surface area contributed by atoms with Gasteiger partial charge in [-0.2, -0.15) is 0 Å². The Bertz CT molecular complexity index is 1350. The number of aliphatic hydroxyl groups is 1. The van der Waals surface area contributed by atoms with Gasteiger partial charge in [0, 0.05) is 6.54 Å². The minimum atomic E-state index is -1.40. The van der Waals surface area contributed by atoms with Gasteiger partial charge < -0.3 is 24.4 Å². The van der Waals surface area contributed by atoms with Crippen molar-refractivity contribution in [1.82, 2.24) is 24.8 Å². The lowest BCUT2D eigenvalue weighted by Gasteiger charge is -2.40. The number of amides is 2. The molecule has 2 amide bonds. The second-order valence-corrected chi connectivity index (χ2v) is 10.5. The van der Waals surface area contributed by atoms with E-state index >= 15 is 0 Å². The Hall–Kier alpha value is -3.57. The van der Waals surface area contributed by atoms with Crippen LogP contribution < -0.4 is 0 Å². The van der Waals surface area contributed by atoms with E-state index in [1.807, 2.05) is 49.4 Å². The van der Waals surface area contributed by atoms with Crippen LogP contribution >= 0.6 is 0 Å². The van der Waals surface area contributed by atoms with Crippen molar-refractivity contribution in [1.29, 1.82) is 0 Å². The van der Waals surface area contributed by atoms with Crippen molar-refractivity contribution in [2.45, 2.75) is 56.6 Å². The molecule has 11 nitrogen and oxygen atoms in total. The average Bonchev–Trinajstić information content (AvgIpc) is 3.46. The number of carbonyl (C=O) groups is 3. The lowest BCUT2D eigenvalue weighted by molar-refractivity contribution is -0.162. The number of benzene rings is 1.